The zero-order chi connectivity index (χ0) is 18.0. The summed E-state index contributed by atoms with van der Waals surface area (Å²) in [6.45, 7) is 4.21. The maximum absolute atomic E-state index is 12.3. The topological polar surface area (TPSA) is 75.3 Å². The largest absolute Gasteiger partial charge is 0.276 e. The number of carbonyl (C=O) groups is 1. The minimum atomic E-state index is -3.78. The fourth-order valence-electron chi connectivity index (χ4n) is 2.96. The molecule has 7 heteroatoms. The van der Waals surface area contributed by atoms with Crippen molar-refractivity contribution in [3.8, 4) is 0 Å². The first-order valence-electron chi connectivity index (χ1n) is 8.41. The van der Waals surface area contributed by atoms with E-state index < -0.39 is 15.9 Å². The van der Waals surface area contributed by atoms with Crippen molar-refractivity contribution in [3.63, 3.8) is 0 Å². The Morgan fingerprint density at radius 2 is 2.00 bits per heavy atom. The van der Waals surface area contributed by atoms with Gasteiger partial charge < -0.3 is 0 Å². The van der Waals surface area contributed by atoms with E-state index in [2.05, 4.69) is 17.2 Å². The lowest BCUT2D eigenvalue weighted by Crippen LogP contribution is -2.41. The normalized spacial score (nSPS) is 17.1. The molecule has 1 aliphatic carbocycles. The van der Waals surface area contributed by atoms with Crippen LogP contribution in [0.15, 0.2) is 35.2 Å². The van der Waals surface area contributed by atoms with Crippen LogP contribution >= 0.6 is 11.3 Å². The summed E-state index contributed by atoms with van der Waals surface area (Å²) in [6.07, 6.45) is 3.94. The molecule has 1 aliphatic rings. The summed E-state index contributed by atoms with van der Waals surface area (Å²) in [5, 5.41) is 0. The quantitative estimate of drug-likeness (QED) is 0.785. The van der Waals surface area contributed by atoms with Gasteiger partial charge >= 0.3 is 0 Å². The summed E-state index contributed by atoms with van der Waals surface area (Å²) in [6, 6.07) is 8.50. The minimum absolute atomic E-state index is 0.129. The highest BCUT2D eigenvalue weighted by Crippen LogP contribution is 2.32. The van der Waals surface area contributed by atoms with Gasteiger partial charge in [0.05, 0.1) is 9.77 Å². The molecule has 2 N–H and O–H groups in total. The van der Waals surface area contributed by atoms with Crippen molar-refractivity contribution in [2.75, 3.05) is 0 Å². The van der Waals surface area contributed by atoms with Gasteiger partial charge in [0, 0.05) is 4.88 Å². The van der Waals surface area contributed by atoms with Gasteiger partial charge in [0.25, 0.3) is 15.9 Å². The fraction of sp³-hybridized carbons (Fsp3) is 0.389. The van der Waals surface area contributed by atoms with Crippen LogP contribution in [0.5, 0.6) is 0 Å². The summed E-state index contributed by atoms with van der Waals surface area (Å²) < 4.78 is 24.6. The van der Waals surface area contributed by atoms with E-state index in [1.807, 2.05) is 13.0 Å². The number of hydrogen-bond donors (Lipinski definition) is 2. The number of aryl methyl sites for hydroxylation is 2. The highest BCUT2D eigenvalue weighted by atomic mass is 32.2. The van der Waals surface area contributed by atoms with Crippen LogP contribution in [0.2, 0.25) is 0 Å². The van der Waals surface area contributed by atoms with Crippen LogP contribution in [0.4, 0.5) is 0 Å². The second kappa shape index (κ2) is 7.27. The monoisotopic (exact) mass is 378 g/mol. The molecule has 1 aromatic carbocycles. The molecule has 3 rings (SSSR count). The maximum atomic E-state index is 12.3. The molecule has 1 atom stereocenters. The molecule has 0 saturated carbocycles. The summed E-state index contributed by atoms with van der Waals surface area (Å²) in [7, 11) is -3.78. The molecule has 0 fully saturated rings. The maximum Gasteiger partial charge on any atom is 0.276 e. The summed E-state index contributed by atoms with van der Waals surface area (Å²) in [4.78, 5) is 16.4. The van der Waals surface area contributed by atoms with Gasteiger partial charge in [-0.05, 0) is 60.9 Å². The van der Waals surface area contributed by atoms with Gasteiger partial charge in [-0.15, -0.1) is 16.2 Å². The minimum Gasteiger partial charge on any atom is -0.273 e. The third kappa shape index (κ3) is 4.11. The molecule has 0 saturated heterocycles. The van der Waals surface area contributed by atoms with Crippen molar-refractivity contribution in [1.29, 1.82) is 0 Å². The van der Waals surface area contributed by atoms with Gasteiger partial charge in [-0.25, -0.2) is 8.42 Å². The van der Waals surface area contributed by atoms with E-state index in [-0.39, 0.29) is 4.90 Å². The predicted molar refractivity (Wildman–Crippen MR) is 99.1 cm³/mol. The number of benzene rings is 1. The molecule has 25 heavy (non-hydrogen) atoms. The molecule has 0 aliphatic heterocycles. The summed E-state index contributed by atoms with van der Waals surface area (Å²) >= 11 is 1.45. The molecular formula is C18H22N2O3S2. The van der Waals surface area contributed by atoms with Crippen molar-refractivity contribution in [2.45, 2.75) is 44.4 Å². The van der Waals surface area contributed by atoms with E-state index >= 15 is 0 Å². The Labute approximate surface area is 152 Å². The first-order valence-corrected chi connectivity index (χ1v) is 10.7. The average molecular weight is 379 g/mol. The second-order valence-electron chi connectivity index (χ2n) is 6.46. The van der Waals surface area contributed by atoms with Crippen LogP contribution in [0.1, 0.15) is 45.9 Å². The van der Waals surface area contributed by atoms with Gasteiger partial charge in [-0.2, -0.15) is 0 Å². The standard InChI is InChI=1S/C18H22N2O3S2/c1-3-13-5-7-15(8-6-13)25(22,23)20-19-18(21)17-11-14-10-12(2)4-9-16(14)24-17/h5-8,11-12,20H,3-4,9-10H2,1-2H3,(H,19,21)/t12-/m1/s1. The van der Waals surface area contributed by atoms with E-state index in [4.69, 9.17) is 0 Å². The zero-order valence-corrected chi connectivity index (χ0v) is 16.0. The van der Waals surface area contributed by atoms with Crippen molar-refractivity contribution < 1.29 is 13.2 Å². The Balaban J connectivity index is 1.67. The molecule has 0 unspecified atom stereocenters. The second-order valence-corrected chi connectivity index (χ2v) is 9.28. The SMILES string of the molecule is CCc1ccc(S(=O)(=O)NNC(=O)c2cc3c(s2)CC[C@@H](C)C3)cc1. The molecule has 1 aromatic heterocycles. The number of sulfonamides is 1. The van der Waals surface area contributed by atoms with Crippen molar-refractivity contribution >= 4 is 27.3 Å². The lowest BCUT2D eigenvalue weighted by Gasteiger charge is -2.16. The van der Waals surface area contributed by atoms with Gasteiger partial charge in [-0.3, -0.25) is 10.2 Å². The van der Waals surface area contributed by atoms with Crippen LogP contribution in [-0.4, -0.2) is 14.3 Å². The number of thiophene rings is 1. The summed E-state index contributed by atoms with van der Waals surface area (Å²) in [5.74, 6) is 0.211. The molecule has 0 bridgehead atoms. The molecule has 0 spiro atoms. The highest BCUT2D eigenvalue weighted by molar-refractivity contribution is 7.89. The molecule has 0 radical (unpaired) electrons. The third-order valence-corrected chi connectivity index (χ3v) is 6.99. The van der Waals surface area contributed by atoms with E-state index in [0.717, 1.165) is 31.2 Å². The van der Waals surface area contributed by atoms with Crippen molar-refractivity contribution in [1.82, 2.24) is 10.3 Å². The zero-order valence-electron chi connectivity index (χ0n) is 14.3. The third-order valence-electron chi connectivity index (χ3n) is 4.49. The van der Waals surface area contributed by atoms with E-state index in [0.29, 0.717) is 10.8 Å². The molecule has 1 amide bonds. The molecular weight excluding hydrogens is 356 g/mol. The molecule has 2 aromatic rings. The lowest BCUT2D eigenvalue weighted by molar-refractivity contribution is 0.0949. The van der Waals surface area contributed by atoms with E-state index in [1.54, 1.807) is 24.3 Å². The number of hydrogen-bond acceptors (Lipinski definition) is 4. The van der Waals surface area contributed by atoms with E-state index in [1.165, 1.54) is 21.8 Å². The predicted octanol–water partition coefficient (Wildman–Crippen LogP) is 3.06. The van der Waals surface area contributed by atoms with Crippen molar-refractivity contribution in [3.05, 3.63) is 51.2 Å². The van der Waals surface area contributed by atoms with Crippen LogP contribution in [-0.2, 0) is 29.3 Å². The Hall–Kier alpha value is -1.70. The molecule has 134 valence electrons. The van der Waals surface area contributed by atoms with Crippen LogP contribution in [0.3, 0.4) is 0 Å². The van der Waals surface area contributed by atoms with Gasteiger partial charge in [0.2, 0.25) is 0 Å². The number of rotatable bonds is 5. The molecule has 1 heterocycles. The number of nitrogens with one attached hydrogen (secondary N) is 2. The summed E-state index contributed by atoms with van der Waals surface area (Å²) in [5.41, 5.74) is 4.59. The van der Waals surface area contributed by atoms with Gasteiger partial charge in [0.1, 0.15) is 0 Å². The Kier molecular flexibility index (Phi) is 5.27. The number of fused-ring (bicyclic) bond motifs is 1. The fourth-order valence-corrected chi connectivity index (χ4v) is 4.90. The van der Waals surface area contributed by atoms with Crippen molar-refractivity contribution in [2.24, 2.45) is 5.92 Å². The first-order chi connectivity index (χ1) is 11.9. The van der Waals surface area contributed by atoms with Crippen LogP contribution in [0, 0.1) is 5.92 Å². The number of carbonyl (C=O) groups excluding carboxylic acids is 1. The van der Waals surface area contributed by atoms with E-state index in [9.17, 15) is 13.2 Å². The highest BCUT2D eigenvalue weighted by Gasteiger charge is 2.22. The number of amides is 1. The number of hydrazine groups is 1. The van der Waals surface area contributed by atoms with Crippen LogP contribution in [0.25, 0.3) is 0 Å². The smallest absolute Gasteiger partial charge is 0.273 e. The molecule has 5 nitrogen and oxygen atoms in total. The average Bonchev–Trinajstić information content (AvgIpc) is 3.03. The Morgan fingerprint density at radius 1 is 1.28 bits per heavy atom. The lowest BCUT2D eigenvalue weighted by atomic mass is 9.90. The first kappa shape index (κ1) is 18.1. The van der Waals surface area contributed by atoms with Gasteiger partial charge in [-0.1, -0.05) is 26.0 Å². The Bertz CT molecular complexity index is 870. The van der Waals surface area contributed by atoms with Crippen LogP contribution < -0.4 is 10.3 Å². The Morgan fingerprint density at radius 3 is 2.68 bits per heavy atom. The van der Waals surface area contributed by atoms with Gasteiger partial charge in [0.15, 0.2) is 0 Å².